The van der Waals surface area contributed by atoms with Crippen molar-refractivity contribution in [2.24, 2.45) is 5.41 Å². The maximum Gasteiger partial charge on any atom is 0.231 e. The number of hydrogen-bond acceptors (Lipinski definition) is 11. The SMILES string of the molecule is CC(C)(C)C1Cc2cc(CC(=O)C3(c4ccc5c(c4)OCO5)CC3)ccc2N1C(CO)CO.CC(C)(C)c1cc2cc(CC(=O)C3(c4ccc5c(c4)OCO5)CC3)ccc2n1C(CO)CO. The van der Waals surface area contributed by atoms with Crippen LogP contribution in [0.5, 0.6) is 23.0 Å². The van der Waals surface area contributed by atoms with Crippen molar-refractivity contribution in [1.82, 2.24) is 4.57 Å². The molecule has 0 saturated heterocycles. The summed E-state index contributed by atoms with van der Waals surface area (Å²) in [6.07, 6.45) is 5.04. The van der Waals surface area contributed by atoms with Gasteiger partial charge < -0.3 is 48.8 Å². The van der Waals surface area contributed by atoms with E-state index < -0.39 is 16.9 Å². The second-order valence-electron chi connectivity index (χ2n) is 21.0. The number of aliphatic hydroxyl groups excluding tert-OH is 4. The number of fused-ring (bicyclic) bond motifs is 4. The molecule has 350 valence electrons. The second kappa shape index (κ2) is 17.4. The normalized spacial score (nSPS) is 18.4. The number of nitrogens with zero attached hydrogens (tertiary/aromatic N) is 2. The fraction of sp³-hybridized carbons (Fsp3) is 0.481. The van der Waals surface area contributed by atoms with Crippen molar-refractivity contribution in [3.63, 3.8) is 0 Å². The van der Waals surface area contributed by atoms with Crippen molar-refractivity contribution in [2.45, 2.75) is 121 Å². The molecule has 12 nitrogen and oxygen atoms in total. The number of aromatic nitrogens is 1. The van der Waals surface area contributed by atoms with E-state index in [0.29, 0.717) is 18.6 Å². The largest absolute Gasteiger partial charge is 0.454 e. The molecule has 2 saturated carbocycles. The van der Waals surface area contributed by atoms with Crippen molar-refractivity contribution >= 4 is 28.2 Å². The predicted octanol–water partition coefficient (Wildman–Crippen LogP) is 7.43. The number of Topliss-reactive ketones (excluding diaryl/α,β-unsaturated/α-hetero) is 2. The van der Waals surface area contributed by atoms with Crippen molar-refractivity contribution in [2.75, 3.05) is 44.9 Å². The summed E-state index contributed by atoms with van der Waals surface area (Å²) >= 11 is 0. The highest BCUT2D eigenvalue weighted by Gasteiger charge is 2.52. The number of ketones is 2. The van der Waals surface area contributed by atoms with Gasteiger partial charge in [0.2, 0.25) is 13.6 Å². The summed E-state index contributed by atoms with van der Waals surface area (Å²) in [4.78, 5) is 29.0. The number of benzene rings is 4. The van der Waals surface area contributed by atoms with Gasteiger partial charge in [0, 0.05) is 46.6 Å². The first-order valence-electron chi connectivity index (χ1n) is 23.4. The molecule has 5 aromatic rings. The van der Waals surface area contributed by atoms with Crippen LogP contribution < -0.4 is 23.8 Å². The zero-order chi connectivity index (χ0) is 46.8. The lowest BCUT2D eigenvalue weighted by Crippen LogP contribution is -2.50. The van der Waals surface area contributed by atoms with E-state index in [4.69, 9.17) is 18.9 Å². The lowest BCUT2D eigenvalue weighted by molar-refractivity contribution is -0.121. The minimum atomic E-state index is -0.433. The third-order valence-electron chi connectivity index (χ3n) is 14.6. The third-order valence-corrected chi connectivity index (χ3v) is 14.6. The molecule has 4 aromatic carbocycles. The maximum atomic E-state index is 13.4. The van der Waals surface area contributed by atoms with E-state index >= 15 is 0 Å². The van der Waals surface area contributed by atoms with E-state index in [1.54, 1.807) is 0 Å². The summed E-state index contributed by atoms with van der Waals surface area (Å²) in [6.45, 7) is 12.9. The molecule has 12 heteroatoms. The van der Waals surface area contributed by atoms with Gasteiger partial charge in [0.05, 0.1) is 49.3 Å². The van der Waals surface area contributed by atoms with Crippen LogP contribution in [0.15, 0.2) is 78.9 Å². The Morgan fingerprint density at radius 2 is 1.12 bits per heavy atom. The number of rotatable bonds is 14. The van der Waals surface area contributed by atoms with Gasteiger partial charge in [-0.1, -0.05) is 71.9 Å². The molecule has 66 heavy (non-hydrogen) atoms. The summed E-state index contributed by atoms with van der Waals surface area (Å²) in [7, 11) is 0. The summed E-state index contributed by atoms with van der Waals surface area (Å²) in [6, 6.07) is 25.6. The first-order valence-corrected chi connectivity index (χ1v) is 23.4. The minimum absolute atomic E-state index is 0.0188. The molecule has 1 unspecified atom stereocenters. The smallest absolute Gasteiger partial charge is 0.231 e. The molecule has 1 atom stereocenters. The zero-order valence-corrected chi connectivity index (χ0v) is 39.1. The molecule has 2 aliphatic carbocycles. The molecule has 1 aromatic heterocycles. The van der Waals surface area contributed by atoms with Crippen molar-refractivity contribution in [3.8, 4) is 23.0 Å². The molecule has 10 rings (SSSR count). The molecule has 0 bridgehead atoms. The monoisotopic (exact) mass is 900 g/mol. The first-order chi connectivity index (χ1) is 31.5. The lowest BCUT2D eigenvalue weighted by atomic mass is 9.83. The highest BCUT2D eigenvalue weighted by molar-refractivity contribution is 5.96. The molecule has 4 heterocycles. The van der Waals surface area contributed by atoms with Gasteiger partial charge in [-0.05, 0) is 114 Å². The molecule has 3 aliphatic heterocycles. The number of carbonyl (C=O) groups is 2. The Bertz CT molecular complexity index is 2640. The number of carbonyl (C=O) groups excluding carboxylic acids is 2. The maximum absolute atomic E-state index is 13.4. The van der Waals surface area contributed by atoms with Gasteiger partial charge in [0.15, 0.2) is 23.0 Å². The molecule has 0 amide bonds. The quantitative estimate of drug-likeness (QED) is 0.0879. The number of ether oxygens (including phenoxy) is 4. The Labute approximate surface area is 387 Å². The Kier molecular flexibility index (Phi) is 12.0. The average molecular weight is 901 g/mol. The van der Waals surface area contributed by atoms with Gasteiger partial charge in [-0.3, -0.25) is 9.59 Å². The van der Waals surface area contributed by atoms with E-state index in [1.807, 2.05) is 59.2 Å². The zero-order valence-electron chi connectivity index (χ0n) is 39.1. The molecule has 2 fully saturated rings. The van der Waals surface area contributed by atoms with Crippen molar-refractivity contribution < 1.29 is 49.0 Å². The number of hydrogen-bond donors (Lipinski definition) is 4. The van der Waals surface area contributed by atoms with E-state index in [1.165, 1.54) is 5.56 Å². The predicted molar refractivity (Wildman–Crippen MR) is 252 cm³/mol. The van der Waals surface area contributed by atoms with Crippen LogP contribution in [0.1, 0.15) is 107 Å². The standard InChI is InChI=1S/C27H33NO5.C27H31NO5/c2*1-26(2,3)24-12-18-10-17(4-6-21(18)28(24)20(14-29)15-30)11-25(31)27(8-9-27)19-5-7-22-23(13-19)33-16-32-22/h4-7,10,13,20,24,29-30H,8-9,11-12,14-16H2,1-3H3;4-7,10,12-13,20,29-30H,8-9,11,14-16H2,1-3H3. The van der Waals surface area contributed by atoms with Crippen LogP contribution in [-0.4, -0.2) is 88.7 Å². The molecule has 5 aliphatic rings. The van der Waals surface area contributed by atoms with Gasteiger partial charge in [-0.15, -0.1) is 0 Å². The van der Waals surface area contributed by atoms with Crippen molar-refractivity contribution in [1.29, 1.82) is 0 Å². The van der Waals surface area contributed by atoms with Crippen molar-refractivity contribution in [3.05, 3.63) is 112 Å². The fourth-order valence-electron chi connectivity index (χ4n) is 10.4. The van der Waals surface area contributed by atoms with Crippen LogP contribution in [0.3, 0.4) is 0 Å². The minimum Gasteiger partial charge on any atom is -0.454 e. The van der Waals surface area contributed by atoms with Gasteiger partial charge >= 0.3 is 0 Å². The third kappa shape index (κ3) is 8.35. The van der Waals surface area contributed by atoms with Crippen LogP contribution in [0.2, 0.25) is 0 Å². The topological polar surface area (TPSA) is 160 Å². The van der Waals surface area contributed by atoms with Crippen LogP contribution >= 0.6 is 0 Å². The van der Waals surface area contributed by atoms with E-state index in [0.717, 1.165) is 93.9 Å². The Morgan fingerprint density at radius 1 is 0.621 bits per heavy atom. The Balaban J connectivity index is 0.000000166. The highest BCUT2D eigenvalue weighted by atomic mass is 16.7. The lowest BCUT2D eigenvalue weighted by Gasteiger charge is -2.40. The molecular weight excluding hydrogens is 837 g/mol. The number of anilines is 1. The van der Waals surface area contributed by atoms with Crippen LogP contribution in [0.4, 0.5) is 5.69 Å². The van der Waals surface area contributed by atoms with Gasteiger partial charge in [0.25, 0.3) is 0 Å². The van der Waals surface area contributed by atoms with Gasteiger partial charge in [-0.25, -0.2) is 0 Å². The highest BCUT2D eigenvalue weighted by Crippen LogP contribution is 2.53. The van der Waals surface area contributed by atoms with Gasteiger partial charge in [-0.2, -0.15) is 0 Å². The second-order valence-corrected chi connectivity index (χ2v) is 21.0. The molecule has 0 radical (unpaired) electrons. The van der Waals surface area contributed by atoms with E-state index in [9.17, 15) is 30.0 Å². The van der Waals surface area contributed by atoms with Crippen LogP contribution in [-0.2, 0) is 45.1 Å². The summed E-state index contributed by atoms with van der Waals surface area (Å²) in [5, 5.41) is 40.4. The van der Waals surface area contributed by atoms with Gasteiger partial charge in [0.1, 0.15) is 11.6 Å². The summed E-state index contributed by atoms with van der Waals surface area (Å²) in [5.74, 6) is 3.37. The fourth-order valence-corrected chi connectivity index (χ4v) is 10.4. The van der Waals surface area contributed by atoms with Crippen LogP contribution in [0.25, 0.3) is 10.9 Å². The van der Waals surface area contributed by atoms with Crippen LogP contribution in [0, 0.1) is 5.41 Å². The summed E-state index contributed by atoms with van der Waals surface area (Å²) < 4.78 is 23.9. The molecule has 0 spiro atoms. The Hall–Kier alpha value is -5.40. The van der Waals surface area contributed by atoms with E-state index in [2.05, 4.69) is 70.7 Å². The van der Waals surface area contributed by atoms with E-state index in [-0.39, 0.29) is 74.5 Å². The molecule has 4 N–H and O–H groups in total. The first kappa shape index (κ1) is 45.7. The average Bonchev–Trinajstić information content (AvgIpc) is 4.04. The Morgan fingerprint density at radius 3 is 1.61 bits per heavy atom. The number of aliphatic hydroxyl groups is 4. The molecular formula is C54H64N2O10. The summed E-state index contributed by atoms with van der Waals surface area (Å²) in [5.41, 5.74) is 7.23.